The van der Waals surface area contributed by atoms with E-state index in [1.54, 1.807) is 5.51 Å². The smallest absolute Gasteiger partial charge is 0.355 e. The second-order valence-electron chi connectivity index (χ2n) is 2.89. The maximum atomic E-state index is 10.7. The van der Waals surface area contributed by atoms with E-state index >= 15 is 0 Å². The van der Waals surface area contributed by atoms with Crippen molar-refractivity contribution in [2.75, 3.05) is 0 Å². The van der Waals surface area contributed by atoms with Crippen molar-refractivity contribution in [3.05, 3.63) is 16.1 Å². The van der Waals surface area contributed by atoms with Crippen molar-refractivity contribution in [1.29, 1.82) is 0 Å². The standard InChI is InChI=1S/C9H13NO2S/c1-2-3-4-5-7-8(9(11)12)10-6-13-7/h6H,2-5H2,1H3,(H,11,12). The van der Waals surface area contributed by atoms with Gasteiger partial charge in [-0.3, -0.25) is 0 Å². The fourth-order valence-corrected chi connectivity index (χ4v) is 1.96. The number of thiazole rings is 1. The van der Waals surface area contributed by atoms with Crippen LogP contribution >= 0.6 is 11.3 Å². The van der Waals surface area contributed by atoms with E-state index in [0.717, 1.165) is 30.6 Å². The molecule has 0 unspecified atom stereocenters. The summed E-state index contributed by atoms with van der Waals surface area (Å²) >= 11 is 1.44. The third-order valence-electron chi connectivity index (χ3n) is 1.85. The second-order valence-corrected chi connectivity index (χ2v) is 3.83. The average Bonchev–Trinajstić information content (AvgIpc) is 2.53. The zero-order valence-electron chi connectivity index (χ0n) is 7.62. The van der Waals surface area contributed by atoms with Crippen LogP contribution in [0.25, 0.3) is 0 Å². The lowest BCUT2D eigenvalue weighted by atomic mass is 10.1. The van der Waals surface area contributed by atoms with Gasteiger partial charge in [-0.15, -0.1) is 11.3 Å². The minimum atomic E-state index is -0.909. The largest absolute Gasteiger partial charge is 0.476 e. The van der Waals surface area contributed by atoms with E-state index in [4.69, 9.17) is 5.11 Å². The van der Waals surface area contributed by atoms with Gasteiger partial charge in [0.25, 0.3) is 0 Å². The Bertz CT molecular complexity index is 283. The maximum absolute atomic E-state index is 10.7. The molecule has 0 saturated heterocycles. The molecule has 1 aromatic heterocycles. The molecule has 0 radical (unpaired) electrons. The predicted molar refractivity (Wildman–Crippen MR) is 52.3 cm³/mol. The van der Waals surface area contributed by atoms with Gasteiger partial charge < -0.3 is 5.11 Å². The quantitative estimate of drug-likeness (QED) is 0.741. The lowest BCUT2D eigenvalue weighted by Crippen LogP contribution is -2.00. The molecule has 0 aliphatic carbocycles. The summed E-state index contributed by atoms with van der Waals surface area (Å²) in [6, 6.07) is 0. The molecule has 3 nitrogen and oxygen atoms in total. The minimum absolute atomic E-state index is 0.237. The van der Waals surface area contributed by atoms with E-state index in [1.165, 1.54) is 11.3 Å². The lowest BCUT2D eigenvalue weighted by molar-refractivity contribution is 0.0690. The molecular weight excluding hydrogens is 186 g/mol. The van der Waals surface area contributed by atoms with Crippen molar-refractivity contribution in [2.24, 2.45) is 0 Å². The van der Waals surface area contributed by atoms with Crippen LogP contribution in [0.3, 0.4) is 0 Å². The molecular formula is C9H13NO2S. The summed E-state index contributed by atoms with van der Waals surface area (Å²) in [5.74, 6) is -0.909. The third-order valence-corrected chi connectivity index (χ3v) is 2.74. The first-order chi connectivity index (χ1) is 6.25. The minimum Gasteiger partial charge on any atom is -0.476 e. The molecule has 4 heteroatoms. The first-order valence-corrected chi connectivity index (χ1v) is 5.29. The zero-order valence-corrected chi connectivity index (χ0v) is 8.43. The molecule has 0 aliphatic rings. The Labute approximate surface area is 81.4 Å². The summed E-state index contributed by atoms with van der Waals surface area (Å²) in [5.41, 5.74) is 1.84. The number of aryl methyl sites for hydroxylation is 1. The number of nitrogens with zero attached hydrogens (tertiary/aromatic N) is 1. The summed E-state index contributed by atoms with van der Waals surface area (Å²) in [6.45, 7) is 2.13. The van der Waals surface area contributed by atoms with Gasteiger partial charge in [-0.25, -0.2) is 9.78 Å². The fraction of sp³-hybridized carbons (Fsp3) is 0.556. The molecule has 13 heavy (non-hydrogen) atoms. The first-order valence-electron chi connectivity index (χ1n) is 4.41. The number of hydrogen-bond donors (Lipinski definition) is 1. The summed E-state index contributed by atoms with van der Waals surface area (Å²) in [5, 5.41) is 8.76. The van der Waals surface area contributed by atoms with Crippen LogP contribution in [0.2, 0.25) is 0 Å². The summed E-state index contributed by atoms with van der Waals surface area (Å²) < 4.78 is 0. The van der Waals surface area contributed by atoms with Crippen LogP contribution in [-0.2, 0) is 6.42 Å². The van der Waals surface area contributed by atoms with Gasteiger partial charge in [-0.2, -0.15) is 0 Å². The topological polar surface area (TPSA) is 50.2 Å². The molecule has 0 spiro atoms. The molecule has 0 aliphatic heterocycles. The van der Waals surface area contributed by atoms with E-state index in [0.29, 0.717) is 0 Å². The van der Waals surface area contributed by atoms with Crippen molar-refractivity contribution >= 4 is 17.3 Å². The Morgan fingerprint density at radius 1 is 1.62 bits per heavy atom. The Balaban J connectivity index is 2.55. The predicted octanol–water partition coefficient (Wildman–Crippen LogP) is 2.57. The van der Waals surface area contributed by atoms with E-state index < -0.39 is 5.97 Å². The molecule has 0 atom stereocenters. The number of rotatable bonds is 5. The fourth-order valence-electron chi connectivity index (χ4n) is 1.16. The molecule has 0 fully saturated rings. The third kappa shape index (κ3) is 2.81. The number of unbranched alkanes of at least 4 members (excludes halogenated alkanes) is 2. The Morgan fingerprint density at radius 2 is 2.38 bits per heavy atom. The van der Waals surface area contributed by atoms with Gasteiger partial charge in [0, 0.05) is 4.88 Å². The van der Waals surface area contributed by atoms with E-state index in [-0.39, 0.29) is 5.69 Å². The SMILES string of the molecule is CCCCCc1scnc1C(=O)O. The van der Waals surface area contributed by atoms with Gasteiger partial charge in [0.1, 0.15) is 0 Å². The Hall–Kier alpha value is -0.900. The average molecular weight is 199 g/mol. The molecule has 0 saturated carbocycles. The molecule has 1 heterocycles. The molecule has 1 aromatic rings. The van der Waals surface area contributed by atoms with E-state index in [9.17, 15) is 4.79 Å². The van der Waals surface area contributed by atoms with Crippen molar-refractivity contribution in [3.63, 3.8) is 0 Å². The molecule has 72 valence electrons. The van der Waals surface area contributed by atoms with Crippen LogP contribution in [-0.4, -0.2) is 16.1 Å². The number of carboxylic acid groups (broad SMARTS) is 1. The second kappa shape index (κ2) is 4.97. The normalized spacial score (nSPS) is 10.2. The Morgan fingerprint density at radius 3 is 3.00 bits per heavy atom. The van der Waals surface area contributed by atoms with Crippen LogP contribution in [0.15, 0.2) is 5.51 Å². The number of carboxylic acids is 1. The van der Waals surface area contributed by atoms with Crippen LogP contribution in [0.4, 0.5) is 0 Å². The molecule has 0 bridgehead atoms. The number of aromatic carboxylic acids is 1. The van der Waals surface area contributed by atoms with Crippen LogP contribution in [0, 0.1) is 0 Å². The van der Waals surface area contributed by atoms with Crippen LogP contribution < -0.4 is 0 Å². The first kappa shape index (κ1) is 10.2. The zero-order chi connectivity index (χ0) is 9.68. The number of carbonyl (C=O) groups is 1. The van der Waals surface area contributed by atoms with Crippen molar-refractivity contribution in [3.8, 4) is 0 Å². The summed E-state index contributed by atoms with van der Waals surface area (Å²) in [6.07, 6.45) is 4.21. The van der Waals surface area contributed by atoms with Gasteiger partial charge in [0.05, 0.1) is 5.51 Å². The summed E-state index contributed by atoms with van der Waals surface area (Å²) in [4.78, 5) is 15.4. The summed E-state index contributed by atoms with van der Waals surface area (Å²) in [7, 11) is 0. The van der Waals surface area contributed by atoms with Crippen molar-refractivity contribution in [2.45, 2.75) is 32.6 Å². The highest BCUT2D eigenvalue weighted by molar-refractivity contribution is 7.09. The van der Waals surface area contributed by atoms with Gasteiger partial charge in [0.2, 0.25) is 0 Å². The van der Waals surface area contributed by atoms with Crippen LogP contribution in [0.5, 0.6) is 0 Å². The highest BCUT2D eigenvalue weighted by atomic mass is 32.1. The monoisotopic (exact) mass is 199 g/mol. The highest BCUT2D eigenvalue weighted by Crippen LogP contribution is 2.16. The van der Waals surface area contributed by atoms with Crippen molar-refractivity contribution < 1.29 is 9.90 Å². The Kier molecular flexibility index (Phi) is 3.89. The van der Waals surface area contributed by atoms with Gasteiger partial charge in [-0.1, -0.05) is 19.8 Å². The molecule has 1 rings (SSSR count). The lowest BCUT2D eigenvalue weighted by Gasteiger charge is -1.96. The molecule has 1 N–H and O–H groups in total. The van der Waals surface area contributed by atoms with Crippen LogP contribution in [0.1, 0.15) is 41.6 Å². The number of hydrogen-bond acceptors (Lipinski definition) is 3. The maximum Gasteiger partial charge on any atom is 0.355 e. The van der Waals surface area contributed by atoms with E-state index in [2.05, 4.69) is 11.9 Å². The molecule has 0 aromatic carbocycles. The van der Waals surface area contributed by atoms with Gasteiger partial charge >= 0.3 is 5.97 Å². The van der Waals surface area contributed by atoms with Crippen molar-refractivity contribution in [1.82, 2.24) is 4.98 Å². The highest BCUT2D eigenvalue weighted by Gasteiger charge is 2.12. The van der Waals surface area contributed by atoms with Gasteiger partial charge in [-0.05, 0) is 12.8 Å². The molecule has 0 amide bonds. The van der Waals surface area contributed by atoms with E-state index in [1.807, 2.05) is 0 Å². The van der Waals surface area contributed by atoms with Gasteiger partial charge in [0.15, 0.2) is 5.69 Å². The number of aromatic nitrogens is 1.